The maximum atomic E-state index is 11.4. The lowest BCUT2D eigenvalue weighted by atomic mass is 10.0. The first-order valence-electron chi connectivity index (χ1n) is 5.52. The minimum Gasteiger partial charge on any atom is -0.328 e. The van der Waals surface area contributed by atoms with Crippen LogP contribution in [0.2, 0.25) is 0 Å². The Morgan fingerprint density at radius 3 is 2.69 bits per heavy atom. The van der Waals surface area contributed by atoms with Gasteiger partial charge in [0.05, 0.1) is 6.54 Å². The Bertz CT molecular complexity index is 268. The zero-order valence-electron chi connectivity index (χ0n) is 9.82. The number of carbonyl (C=O) groups excluding carboxylic acids is 2. The highest BCUT2D eigenvalue weighted by Gasteiger charge is 2.26. The molecule has 2 unspecified atom stereocenters. The van der Waals surface area contributed by atoms with Gasteiger partial charge in [0.1, 0.15) is 0 Å². The van der Waals surface area contributed by atoms with Crippen molar-refractivity contribution in [3.8, 4) is 0 Å². The molecule has 4 N–H and O–H groups in total. The van der Waals surface area contributed by atoms with E-state index < -0.39 is 0 Å². The van der Waals surface area contributed by atoms with Crippen molar-refractivity contribution in [2.24, 2.45) is 11.7 Å². The van der Waals surface area contributed by atoms with Gasteiger partial charge in [0, 0.05) is 19.5 Å². The Kier molecular flexibility index (Phi) is 4.70. The number of likely N-dealkylation sites (tertiary alicyclic amines) is 1. The second-order valence-electron chi connectivity index (χ2n) is 4.37. The third kappa shape index (κ3) is 4.16. The summed E-state index contributed by atoms with van der Waals surface area (Å²) in [5.74, 6) is -0.00248. The van der Waals surface area contributed by atoms with Gasteiger partial charge >= 0.3 is 0 Å². The van der Waals surface area contributed by atoms with Crippen LogP contribution in [0.25, 0.3) is 0 Å². The molecule has 0 saturated carbocycles. The number of carbonyl (C=O) groups is 2. The van der Waals surface area contributed by atoms with Crippen molar-refractivity contribution in [3.63, 3.8) is 0 Å². The van der Waals surface area contributed by atoms with Gasteiger partial charge < -0.3 is 5.73 Å². The second kappa shape index (κ2) is 5.81. The van der Waals surface area contributed by atoms with E-state index in [1.54, 1.807) is 0 Å². The van der Waals surface area contributed by atoms with E-state index in [-0.39, 0.29) is 17.9 Å². The highest BCUT2D eigenvalue weighted by molar-refractivity contribution is 5.81. The average molecular weight is 228 g/mol. The van der Waals surface area contributed by atoms with Crippen molar-refractivity contribution in [1.82, 2.24) is 15.8 Å². The summed E-state index contributed by atoms with van der Waals surface area (Å²) in [5.41, 5.74) is 10.4. The highest BCUT2D eigenvalue weighted by atomic mass is 16.2. The summed E-state index contributed by atoms with van der Waals surface area (Å²) in [6.07, 6.45) is 1.03. The van der Waals surface area contributed by atoms with Crippen LogP contribution in [-0.4, -0.2) is 42.4 Å². The van der Waals surface area contributed by atoms with Crippen LogP contribution in [0.4, 0.5) is 0 Å². The zero-order valence-corrected chi connectivity index (χ0v) is 9.82. The van der Waals surface area contributed by atoms with Gasteiger partial charge in [0.2, 0.25) is 5.91 Å². The van der Waals surface area contributed by atoms with Crippen LogP contribution in [-0.2, 0) is 9.59 Å². The lowest BCUT2D eigenvalue weighted by Crippen LogP contribution is -2.45. The molecule has 92 valence electrons. The van der Waals surface area contributed by atoms with Crippen molar-refractivity contribution >= 4 is 11.8 Å². The van der Waals surface area contributed by atoms with E-state index in [2.05, 4.69) is 10.9 Å². The molecule has 1 heterocycles. The number of hydrogen-bond acceptors (Lipinski definition) is 4. The number of nitrogens with two attached hydrogens (primary N) is 1. The number of rotatable bonds is 3. The minimum absolute atomic E-state index is 0.170. The topological polar surface area (TPSA) is 87.5 Å². The predicted octanol–water partition coefficient (Wildman–Crippen LogP) is -1.18. The maximum Gasteiger partial charge on any atom is 0.252 e. The second-order valence-corrected chi connectivity index (χ2v) is 4.37. The van der Waals surface area contributed by atoms with Gasteiger partial charge in [-0.2, -0.15) is 0 Å². The SMILES string of the molecule is CC(=O)NNC(=O)CN1CCC(C(C)N)C1. The molecule has 0 aromatic heterocycles. The first-order valence-corrected chi connectivity index (χ1v) is 5.52. The standard InChI is InChI=1S/C10H20N4O2/c1-7(11)9-3-4-14(5-9)6-10(16)13-12-8(2)15/h7,9H,3-6,11H2,1-2H3,(H,12,15)(H,13,16). The number of hydrogen-bond donors (Lipinski definition) is 3. The summed E-state index contributed by atoms with van der Waals surface area (Å²) in [6, 6.07) is 0.170. The van der Waals surface area contributed by atoms with Crippen LogP contribution >= 0.6 is 0 Å². The summed E-state index contributed by atoms with van der Waals surface area (Å²) < 4.78 is 0. The molecule has 0 aromatic rings. The molecule has 0 radical (unpaired) electrons. The Balaban J connectivity index is 2.23. The van der Waals surface area contributed by atoms with Crippen LogP contribution in [0.5, 0.6) is 0 Å². The summed E-state index contributed by atoms with van der Waals surface area (Å²) in [7, 11) is 0. The number of nitrogens with zero attached hydrogens (tertiary/aromatic N) is 1. The smallest absolute Gasteiger partial charge is 0.252 e. The summed E-state index contributed by atoms with van der Waals surface area (Å²) >= 11 is 0. The average Bonchev–Trinajstić information content (AvgIpc) is 2.63. The van der Waals surface area contributed by atoms with Crippen LogP contribution < -0.4 is 16.6 Å². The first-order chi connectivity index (χ1) is 7.49. The van der Waals surface area contributed by atoms with Gasteiger partial charge in [-0.25, -0.2) is 0 Å². The van der Waals surface area contributed by atoms with Crippen molar-refractivity contribution in [3.05, 3.63) is 0 Å². The third-order valence-electron chi connectivity index (χ3n) is 2.80. The van der Waals surface area contributed by atoms with Gasteiger partial charge in [-0.05, 0) is 25.8 Å². The molecule has 0 aliphatic carbocycles. The largest absolute Gasteiger partial charge is 0.328 e. The molecule has 1 fully saturated rings. The molecule has 2 amide bonds. The van der Waals surface area contributed by atoms with Gasteiger partial charge in [-0.1, -0.05) is 0 Å². The Morgan fingerprint density at radius 1 is 1.50 bits per heavy atom. The van der Waals surface area contributed by atoms with Crippen LogP contribution in [0, 0.1) is 5.92 Å². The van der Waals surface area contributed by atoms with Gasteiger partial charge in [0.25, 0.3) is 5.91 Å². The van der Waals surface area contributed by atoms with Crippen LogP contribution in [0.15, 0.2) is 0 Å². The third-order valence-corrected chi connectivity index (χ3v) is 2.80. The van der Waals surface area contributed by atoms with E-state index in [0.29, 0.717) is 12.5 Å². The van der Waals surface area contributed by atoms with E-state index in [4.69, 9.17) is 5.73 Å². The molecular formula is C10H20N4O2. The normalized spacial score (nSPS) is 22.8. The first kappa shape index (κ1) is 12.9. The molecule has 0 bridgehead atoms. The minimum atomic E-state index is -0.275. The molecule has 6 nitrogen and oxygen atoms in total. The monoisotopic (exact) mass is 228 g/mol. The van der Waals surface area contributed by atoms with Gasteiger partial charge in [-0.3, -0.25) is 25.3 Å². The van der Waals surface area contributed by atoms with E-state index in [9.17, 15) is 9.59 Å². The van der Waals surface area contributed by atoms with Gasteiger partial charge in [0.15, 0.2) is 0 Å². The van der Waals surface area contributed by atoms with Crippen LogP contribution in [0.1, 0.15) is 20.3 Å². The lowest BCUT2D eigenvalue weighted by Gasteiger charge is -2.17. The quantitative estimate of drug-likeness (QED) is 0.531. The lowest BCUT2D eigenvalue weighted by molar-refractivity contribution is -0.128. The number of amides is 2. The zero-order chi connectivity index (χ0) is 12.1. The molecule has 16 heavy (non-hydrogen) atoms. The van der Waals surface area contributed by atoms with E-state index in [1.807, 2.05) is 11.8 Å². The molecule has 1 rings (SSSR count). The molecule has 1 aliphatic heterocycles. The van der Waals surface area contributed by atoms with Crippen molar-refractivity contribution in [1.29, 1.82) is 0 Å². The van der Waals surface area contributed by atoms with Crippen molar-refractivity contribution in [2.75, 3.05) is 19.6 Å². The summed E-state index contributed by atoms with van der Waals surface area (Å²) in [5, 5.41) is 0. The number of nitrogens with one attached hydrogen (secondary N) is 2. The Hall–Kier alpha value is -1.14. The van der Waals surface area contributed by atoms with Crippen LogP contribution in [0.3, 0.4) is 0 Å². The van der Waals surface area contributed by atoms with E-state index in [1.165, 1.54) is 6.92 Å². The molecule has 0 aromatic carbocycles. The molecule has 1 aliphatic rings. The fourth-order valence-electron chi connectivity index (χ4n) is 1.84. The Labute approximate surface area is 95.5 Å². The highest BCUT2D eigenvalue weighted by Crippen LogP contribution is 2.17. The molecule has 0 spiro atoms. The summed E-state index contributed by atoms with van der Waals surface area (Å²) in [6.45, 7) is 5.39. The molecule has 2 atom stereocenters. The fraction of sp³-hybridized carbons (Fsp3) is 0.800. The van der Waals surface area contributed by atoms with Crippen molar-refractivity contribution < 1.29 is 9.59 Å². The predicted molar refractivity (Wildman–Crippen MR) is 60.2 cm³/mol. The fourth-order valence-corrected chi connectivity index (χ4v) is 1.84. The Morgan fingerprint density at radius 2 is 2.19 bits per heavy atom. The molecular weight excluding hydrogens is 208 g/mol. The van der Waals surface area contributed by atoms with Crippen molar-refractivity contribution in [2.45, 2.75) is 26.3 Å². The van der Waals surface area contributed by atoms with Gasteiger partial charge in [-0.15, -0.1) is 0 Å². The van der Waals surface area contributed by atoms with E-state index in [0.717, 1.165) is 19.5 Å². The van der Waals surface area contributed by atoms with E-state index >= 15 is 0 Å². The maximum absolute atomic E-state index is 11.4. The summed E-state index contributed by atoms with van der Waals surface area (Å²) in [4.78, 5) is 24.0. The molecule has 1 saturated heterocycles. The molecule has 6 heteroatoms. The number of hydrazine groups is 1.